The lowest BCUT2D eigenvalue weighted by molar-refractivity contribution is 0.275. The van der Waals surface area contributed by atoms with Gasteiger partial charge in [-0.25, -0.2) is 9.07 Å². The molecule has 0 amide bonds. The van der Waals surface area contributed by atoms with Crippen LogP contribution >= 0.6 is 0 Å². The first kappa shape index (κ1) is 14.8. The Labute approximate surface area is 134 Å². The molecule has 0 radical (unpaired) electrons. The lowest BCUT2D eigenvalue weighted by Crippen LogP contribution is -2.44. The van der Waals surface area contributed by atoms with E-state index in [0.717, 1.165) is 25.1 Å². The van der Waals surface area contributed by atoms with E-state index < -0.39 is 0 Å². The zero-order valence-electron chi connectivity index (χ0n) is 13.2. The summed E-state index contributed by atoms with van der Waals surface area (Å²) in [6.45, 7) is 3.94. The predicted octanol–water partition coefficient (Wildman–Crippen LogP) is 2.56. The molecule has 2 saturated heterocycles. The van der Waals surface area contributed by atoms with E-state index in [1.807, 2.05) is 16.9 Å². The number of halogens is 1. The molecule has 1 aromatic carbocycles. The van der Waals surface area contributed by atoms with Gasteiger partial charge in [-0.15, -0.1) is 5.10 Å². The highest BCUT2D eigenvalue weighted by atomic mass is 19.1. The van der Waals surface area contributed by atoms with Crippen molar-refractivity contribution in [3.8, 4) is 11.3 Å². The molecule has 3 atom stereocenters. The smallest absolute Gasteiger partial charge is 0.123 e. The molecule has 0 saturated carbocycles. The Morgan fingerprint density at radius 3 is 3.22 bits per heavy atom. The van der Waals surface area contributed by atoms with Crippen molar-refractivity contribution in [1.82, 2.24) is 20.3 Å². The van der Waals surface area contributed by atoms with Crippen LogP contribution in [0.25, 0.3) is 11.3 Å². The van der Waals surface area contributed by atoms with Crippen LogP contribution in [0.5, 0.6) is 0 Å². The van der Waals surface area contributed by atoms with Crippen LogP contribution in [-0.2, 0) is 4.74 Å². The van der Waals surface area contributed by atoms with Crippen molar-refractivity contribution in [3.05, 3.63) is 36.3 Å². The van der Waals surface area contributed by atoms with Gasteiger partial charge in [0.1, 0.15) is 23.2 Å². The summed E-state index contributed by atoms with van der Waals surface area (Å²) in [7, 11) is 0. The molecule has 4 rings (SSSR count). The average Bonchev–Trinajstić information content (AvgIpc) is 3.10. The summed E-state index contributed by atoms with van der Waals surface area (Å²) in [5, 5.41) is 11.9. The maximum atomic E-state index is 13.4. The molecule has 6 heteroatoms. The first-order valence-electron chi connectivity index (χ1n) is 8.28. The normalized spacial score (nSPS) is 29.3. The molecule has 0 unspecified atom stereocenters. The third-order valence-electron chi connectivity index (χ3n) is 4.87. The third kappa shape index (κ3) is 2.66. The molecule has 122 valence electrons. The fourth-order valence-electron chi connectivity index (χ4n) is 3.55. The number of benzene rings is 1. The van der Waals surface area contributed by atoms with Gasteiger partial charge in [-0.2, -0.15) is 0 Å². The van der Waals surface area contributed by atoms with Crippen molar-refractivity contribution in [2.24, 2.45) is 0 Å². The molecule has 2 fully saturated rings. The van der Waals surface area contributed by atoms with Crippen molar-refractivity contribution in [2.45, 2.75) is 43.9 Å². The molecule has 2 aromatic rings. The van der Waals surface area contributed by atoms with Gasteiger partial charge < -0.3 is 10.1 Å². The maximum absolute atomic E-state index is 13.4. The van der Waals surface area contributed by atoms with Crippen LogP contribution in [0.1, 0.15) is 32.2 Å². The number of ether oxygens (including phenoxy) is 1. The number of rotatable bonds is 5. The highest BCUT2D eigenvalue weighted by Gasteiger charge is 2.61. The van der Waals surface area contributed by atoms with Gasteiger partial charge in [0.15, 0.2) is 0 Å². The molecule has 23 heavy (non-hydrogen) atoms. The number of nitrogens with one attached hydrogen (secondary N) is 1. The van der Waals surface area contributed by atoms with Gasteiger partial charge >= 0.3 is 0 Å². The second kappa shape index (κ2) is 5.69. The molecular weight excluding hydrogens is 295 g/mol. The number of piperidine rings is 1. The minimum absolute atomic E-state index is 0.0239. The quantitative estimate of drug-likeness (QED) is 0.861. The van der Waals surface area contributed by atoms with E-state index in [4.69, 9.17) is 4.74 Å². The van der Waals surface area contributed by atoms with Gasteiger partial charge in [-0.3, -0.25) is 0 Å². The van der Waals surface area contributed by atoms with E-state index in [0.29, 0.717) is 5.69 Å². The van der Waals surface area contributed by atoms with E-state index in [9.17, 15) is 4.39 Å². The molecule has 0 bridgehead atoms. The van der Waals surface area contributed by atoms with E-state index >= 15 is 0 Å². The predicted molar refractivity (Wildman–Crippen MR) is 84.5 cm³/mol. The number of epoxide rings is 1. The van der Waals surface area contributed by atoms with Gasteiger partial charge in [0.2, 0.25) is 0 Å². The summed E-state index contributed by atoms with van der Waals surface area (Å²) in [6, 6.07) is 6.59. The summed E-state index contributed by atoms with van der Waals surface area (Å²) in [6.07, 6.45) is 5.53. The minimum atomic E-state index is -0.263. The maximum Gasteiger partial charge on any atom is 0.123 e. The van der Waals surface area contributed by atoms with E-state index in [2.05, 4.69) is 22.6 Å². The fraction of sp³-hybridized carbons (Fsp3) is 0.529. The Kier molecular flexibility index (Phi) is 3.66. The monoisotopic (exact) mass is 316 g/mol. The standard InChI is InChI=1S/C17H21FN4O/c1-2-3-7-17-11-19-9-15(16(17)23-17)22-10-14(20-21-22)12-5-4-6-13(18)8-12/h4-6,8,10,15-16,19H,2-3,7,9,11H2,1H3/t15-,16+,17-/m0/s1. The van der Waals surface area contributed by atoms with Crippen LogP contribution in [0.15, 0.2) is 30.5 Å². The number of aromatic nitrogens is 3. The highest BCUT2D eigenvalue weighted by Crippen LogP contribution is 2.48. The number of unbranched alkanes of at least 4 members (excludes halogenated alkanes) is 1. The van der Waals surface area contributed by atoms with Gasteiger partial charge in [-0.05, 0) is 18.6 Å². The van der Waals surface area contributed by atoms with Crippen LogP contribution in [0.2, 0.25) is 0 Å². The van der Waals surface area contributed by atoms with Crippen LogP contribution in [0.3, 0.4) is 0 Å². The molecule has 0 aliphatic carbocycles. The number of nitrogens with zero attached hydrogens (tertiary/aromatic N) is 3. The van der Waals surface area contributed by atoms with Crippen LogP contribution < -0.4 is 5.32 Å². The van der Waals surface area contributed by atoms with Gasteiger partial charge in [0.05, 0.1) is 12.2 Å². The van der Waals surface area contributed by atoms with Crippen LogP contribution in [0, 0.1) is 5.82 Å². The second-order valence-electron chi connectivity index (χ2n) is 6.50. The summed E-state index contributed by atoms with van der Waals surface area (Å²) in [5.74, 6) is -0.263. The summed E-state index contributed by atoms with van der Waals surface area (Å²) in [5.41, 5.74) is 1.41. The molecule has 0 spiro atoms. The Balaban J connectivity index is 1.53. The zero-order chi connectivity index (χ0) is 15.9. The molecular formula is C17H21FN4O. The van der Waals surface area contributed by atoms with Crippen molar-refractivity contribution in [2.75, 3.05) is 13.1 Å². The van der Waals surface area contributed by atoms with Crippen molar-refractivity contribution < 1.29 is 9.13 Å². The number of hydrogen-bond donors (Lipinski definition) is 1. The highest BCUT2D eigenvalue weighted by molar-refractivity contribution is 5.57. The molecule has 2 aliphatic heterocycles. The topological polar surface area (TPSA) is 55.3 Å². The number of fused-ring (bicyclic) bond motifs is 1. The fourth-order valence-corrected chi connectivity index (χ4v) is 3.55. The van der Waals surface area contributed by atoms with Crippen LogP contribution in [-0.4, -0.2) is 39.8 Å². The summed E-state index contributed by atoms with van der Waals surface area (Å²) >= 11 is 0. The van der Waals surface area contributed by atoms with Gasteiger partial charge in [-0.1, -0.05) is 37.1 Å². The Morgan fingerprint density at radius 1 is 1.48 bits per heavy atom. The minimum Gasteiger partial charge on any atom is -0.362 e. The van der Waals surface area contributed by atoms with Gasteiger partial charge in [0, 0.05) is 18.7 Å². The van der Waals surface area contributed by atoms with Crippen molar-refractivity contribution in [1.29, 1.82) is 0 Å². The average molecular weight is 316 g/mol. The molecule has 1 aromatic heterocycles. The third-order valence-corrected chi connectivity index (χ3v) is 4.87. The van der Waals surface area contributed by atoms with Crippen molar-refractivity contribution >= 4 is 0 Å². The molecule has 2 aliphatic rings. The zero-order valence-corrected chi connectivity index (χ0v) is 13.2. The second-order valence-corrected chi connectivity index (χ2v) is 6.50. The lowest BCUT2D eigenvalue weighted by Gasteiger charge is -2.25. The molecule has 5 nitrogen and oxygen atoms in total. The van der Waals surface area contributed by atoms with Crippen molar-refractivity contribution in [3.63, 3.8) is 0 Å². The first-order valence-corrected chi connectivity index (χ1v) is 8.28. The summed E-state index contributed by atoms with van der Waals surface area (Å²) < 4.78 is 21.3. The Bertz CT molecular complexity index is 703. The first-order chi connectivity index (χ1) is 11.2. The van der Waals surface area contributed by atoms with Gasteiger partial charge in [0.25, 0.3) is 0 Å². The number of hydrogen-bond acceptors (Lipinski definition) is 4. The SMILES string of the molecule is CCCC[C@]12CNC[C@H](n3cc(-c4cccc(F)c4)nn3)[C@H]1O2. The van der Waals surface area contributed by atoms with Crippen LogP contribution in [0.4, 0.5) is 4.39 Å². The lowest BCUT2D eigenvalue weighted by atomic mass is 9.91. The largest absolute Gasteiger partial charge is 0.362 e. The Morgan fingerprint density at radius 2 is 2.39 bits per heavy atom. The summed E-state index contributed by atoms with van der Waals surface area (Å²) in [4.78, 5) is 0. The van der Waals surface area contributed by atoms with E-state index in [1.54, 1.807) is 6.07 Å². The molecule has 3 heterocycles. The van der Waals surface area contributed by atoms with E-state index in [-0.39, 0.29) is 23.6 Å². The van der Waals surface area contributed by atoms with E-state index in [1.165, 1.54) is 25.0 Å². The Hall–Kier alpha value is -1.79. The molecule has 1 N–H and O–H groups in total.